The zero-order valence-corrected chi connectivity index (χ0v) is 8.17. The molecular formula is C9H15FN2O. The van der Waals surface area contributed by atoms with Crippen molar-refractivity contribution in [3.63, 3.8) is 0 Å². The van der Waals surface area contributed by atoms with E-state index in [-0.39, 0.29) is 0 Å². The van der Waals surface area contributed by atoms with Gasteiger partial charge >= 0.3 is 0 Å². The third kappa shape index (κ3) is 4.90. The van der Waals surface area contributed by atoms with Gasteiger partial charge in [0.2, 0.25) is 0 Å². The van der Waals surface area contributed by atoms with Crippen molar-refractivity contribution in [2.45, 2.75) is 0 Å². The summed E-state index contributed by atoms with van der Waals surface area (Å²) in [5.41, 5.74) is 0. The van der Waals surface area contributed by atoms with E-state index in [9.17, 15) is 4.39 Å². The highest BCUT2D eigenvalue weighted by Gasteiger charge is 2.00. The van der Waals surface area contributed by atoms with E-state index >= 15 is 0 Å². The minimum atomic E-state index is -0.540. The minimum absolute atomic E-state index is 0.388. The van der Waals surface area contributed by atoms with Gasteiger partial charge < -0.3 is 15.0 Å². The number of methoxy groups -OCH3 is 1. The van der Waals surface area contributed by atoms with Gasteiger partial charge in [-0.25, -0.2) is 4.39 Å². The lowest BCUT2D eigenvalue weighted by atomic mass is 10.5. The van der Waals surface area contributed by atoms with E-state index in [1.54, 1.807) is 31.4 Å². The van der Waals surface area contributed by atoms with Gasteiger partial charge in [0.1, 0.15) is 5.83 Å². The van der Waals surface area contributed by atoms with Gasteiger partial charge in [-0.2, -0.15) is 0 Å². The topological polar surface area (TPSA) is 24.5 Å². The predicted molar refractivity (Wildman–Crippen MR) is 51.3 cm³/mol. The molecule has 0 saturated heterocycles. The maximum atomic E-state index is 12.4. The molecule has 0 aromatic carbocycles. The molecule has 0 heterocycles. The van der Waals surface area contributed by atoms with Crippen LogP contribution in [-0.2, 0) is 4.74 Å². The number of ether oxygens (including phenoxy) is 1. The molecule has 13 heavy (non-hydrogen) atoms. The SMILES string of the molecule is C=C(F)/C=C(\OC)N(C)/C=C\NC. The van der Waals surface area contributed by atoms with Crippen LogP contribution in [0.15, 0.2) is 36.8 Å². The van der Waals surface area contributed by atoms with Crippen molar-refractivity contribution in [2.75, 3.05) is 21.2 Å². The number of nitrogens with zero attached hydrogens (tertiary/aromatic N) is 1. The molecule has 0 spiro atoms. The van der Waals surface area contributed by atoms with Crippen LogP contribution in [0.3, 0.4) is 0 Å². The fraction of sp³-hybridized carbons (Fsp3) is 0.333. The summed E-state index contributed by atoms with van der Waals surface area (Å²) in [5, 5.41) is 2.81. The third-order valence-electron chi connectivity index (χ3n) is 1.30. The molecule has 0 rings (SSSR count). The molecule has 0 radical (unpaired) electrons. The average Bonchev–Trinajstić information content (AvgIpc) is 2.09. The summed E-state index contributed by atoms with van der Waals surface area (Å²) < 4.78 is 17.3. The van der Waals surface area contributed by atoms with Crippen molar-refractivity contribution in [3.8, 4) is 0 Å². The molecule has 1 N–H and O–H groups in total. The Morgan fingerprint density at radius 1 is 1.62 bits per heavy atom. The summed E-state index contributed by atoms with van der Waals surface area (Å²) in [6.07, 6.45) is 4.62. The van der Waals surface area contributed by atoms with Crippen LogP contribution in [0.1, 0.15) is 0 Å². The first-order valence-corrected chi connectivity index (χ1v) is 3.78. The van der Waals surface area contributed by atoms with E-state index in [2.05, 4.69) is 11.9 Å². The van der Waals surface area contributed by atoms with Crippen molar-refractivity contribution in [2.24, 2.45) is 0 Å². The van der Waals surface area contributed by atoms with Crippen molar-refractivity contribution >= 4 is 0 Å². The standard InChI is InChI=1S/C9H15FN2O/c1-8(10)7-9(13-4)12(3)6-5-11-2/h5-7,11H,1H2,2-4H3/b6-5-,9-7-. The molecule has 4 heteroatoms. The molecule has 0 unspecified atom stereocenters. The summed E-state index contributed by atoms with van der Waals surface area (Å²) in [6, 6.07) is 0. The Bertz CT molecular complexity index is 224. The van der Waals surface area contributed by atoms with Crippen LogP contribution in [0.4, 0.5) is 4.39 Å². The second-order valence-electron chi connectivity index (χ2n) is 2.35. The smallest absolute Gasteiger partial charge is 0.195 e. The first-order valence-electron chi connectivity index (χ1n) is 3.78. The average molecular weight is 186 g/mol. The van der Waals surface area contributed by atoms with Gasteiger partial charge in [0, 0.05) is 32.6 Å². The van der Waals surface area contributed by atoms with Gasteiger partial charge in [-0.15, -0.1) is 0 Å². The summed E-state index contributed by atoms with van der Waals surface area (Å²) in [7, 11) is 4.99. The van der Waals surface area contributed by atoms with Crippen molar-refractivity contribution in [3.05, 3.63) is 36.8 Å². The zero-order chi connectivity index (χ0) is 10.3. The van der Waals surface area contributed by atoms with Crippen molar-refractivity contribution in [1.82, 2.24) is 10.2 Å². The molecule has 74 valence electrons. The van der Waals surface area contributed by atoms with Crippen LogP contribution in [0.2, 0.25) is 0 Å². The lowest BCUT2D eigenvalue weighted by Crippen LogP contribution is -2.13. The van der Waals surface area contributed by atoms with E-state index in [1.165, 1.54) is 13.2 Å². The first-order chi connectivity index (χ1) is 6.11. The van der Waals surface area contributed by atoms with Gasteiger partial charge in [0.15, 0.2) is 5.88 Å². The van der Waals surface area contributed by atoms with Gasteiger partial charge in [-0.3, -0.25) is 0 Å². The monoisotopic (exact) mass is 186 g/mol. The Labute approximate surface area is 78.2 Å². The molecule has 0 aliphatic carbocycles. The Balaban J connectivity index is 4.39. The minimum Gasteiger partial charge on any atom is -0.482 e. The number of nitrogens with one attached hydrogen (secondary N) is 1. The fourth-order valence-electron chi connectivity index (χ4n) is 0.699. The van der Waals surface area contributed by atoms with Crippen LogP contribution in [0, 0.1) is 0 Å². The van der Waals surface area contributed by atoms with E-state index < -0.39 is 5.83 Å². The molecule has 0 aromatic heterocycles. The largest absolute Gasteiger partial charge is 0.482 e. The van der Waals surface area contributed by atoms with Crippen LogP contribution in [0.5, 0.6) is 0 Å². The van der Waals surface area contributed by atoms with Crippen molar-refractivity contribution < 1.29 is 9.13 Å². The molecule has 3 nitrogen and oxygen atoms in total. The highest BCUT2D eigenvalue weighted by molar-refractivity contribution is 5.11. The molecule has 0 bridgehead atoms. The Morgan fingerprint density at radius 2 is 2.23 bits per heavy atom. The molecule has 0 saturated carbocycles. The molecule has 0 aliphatic heterocycles. The zero-order valence-electron chi connectivity index (χ0n) is 8.17. The summed E-state index contributed by atoms with van der Waals surface area (Å²) in [6.45, 7) is 3.12. The second kappa shape index (κ2) is 6.11. The normalized spacial score (nSPS) is 11.5. The van der Waals surface area contributed by atoms with Gasteiger partial charge in [-0.1, -0.05) is 6.58 Å². The van der Waals surface area contributed by atoms with Crippen LogP contribution in [-0.4, -0.2) is 26.1 Å². The molecule has 0 aromatic rings. The van der Waals surface area contributed by atoms with Gasteiger partial charge in [-0.05, 0) is 0 Å². The predicted octanol–water partition coefficient (Wildman–Crippen LogP) is 1.58. The fourth-order valence-corrected chi connectivity index (χ4v) is 0.699. The Morgan fingerprint density at radius 3 is 2.62 bits per heavy atom. The quantitative estimate of drug-likeness (QED) is 0.521. The number of hydrogen-bond acceptors (Lipinski definition) is 3. The van der Waals surface area contributed by atoms with Crippen LogP contribution < -0.4 is 5.32 Å². The lowest BCUT2D eigenvalue weighted by Gasteiger charge is -2.16. The number of hydrogen-bond donors (Lipinski definition) is 1. The van der Waals surface area contributed by atoms with Gasteiger partial charge in [0.05, 0.1) is 7.11 Å². The lowest BCUT2D eigenvalue weighted by molar-refractivity contribution is 0.205. The second-order valence-corrected chi connectivity index (χ2v) is 2.35. The molecule has 0 amide bonds. The Kier molecular flexibility index (Phi) is 5.43. The van der Waals surface area contributed by atoms with E-state index in [0.717, 1.165) is 0 Å². The maximum absolute atomic E-state index is 12.4. The number of rotatable bonds is 5. The first kappa shape index (κ1) is 11.6. The van der Waals surface area contributed by atoms with E-state index in [1.807, 2.05) is 0 Å². The molecule has 0 atom stereocenters. The Hall–Kier alpha value is -1.45. The van der Waals surface area contributed by atoms with Crippen molar-refractivity contribution in [1.29, 1.82) is 0 Å². The van der Waals surface area contributed by atoms with Crippen LogP contribution >= 0.6 is 0 Å². The van der Waals surface area contributed by atoms with Crippen LogP contribution in [0.25, 0.3) is 0 Å². The summed E-state index contributed by atoms with van der Waals surface area (Å²) in [4.78, 5) is 1.63. The summed E-state index contributed by atoms with van der Waals surface area (Å²) in [5.74, 6) is -0.152. The van der Waals surface area contributed by atoms with Gasteiger partial charge in [0.25, 0.3) is 0 Å². The molecule has 0 aliphatic rings. The number of allylic oxidation sites excluding steroid dienone is 2. The molecule has 0 fully saturated rings. The van der Waals surface area contributed by atoms with E-state index in [0.29, 0.717) is 5.88 Å². The van der Waals surface area contributed by atoms with E-state index in [4.69, 9.17) is 4.74 Å². The number of halogens is 1. The third-order valence-corrected chi connectivity index (χ3v) is 1.30. The summed E-state index contributed by atoms with van der Waals surface area (Å²) >= 11 is 0. The highest BCUT2D eigenvalue weighted by Crippen LogP contribution is 2.06. The maximum Gasteiger partial charge on any atom is 0.195 e. The highest BCUT2D eigenvalue weighted by atomic mass is 19.1. The molecular weight excluding hydrogens is 171 g/mol.